The lowest BCUT2D eigenvalue weighted by atomic mass is 9.88. The molecule has 0 saturated heterocycles. The smallest absolute Gasteiger partial charge is 0.406 e. The summed E-state index contributed by atoms with van der Waals surface area (Å²) in [6, 6.07) is 14.6. The molecule has 1 aliphatic carbocycles. The van der Waals surface area contributed by atoms with E-state index in [1.165, 1.54) is 23.8 Å². The lowest BCUT2D eigenvalue weighted by Gasteiger charge is -2.40. The Morgan fingerprint density at radius 2 is 1.88 bits per heavy atom. The predicted molar refractivity (Wildman–Crippen MR) is 123 cm³/mol. The molecule has 0 aliphatic heterocycles. The van der Waals surface area contributed by atoms with Gasteiger partial charge in [-0.2, -0.15) is 0 Å². The normalized spacial score (nSPS) is 18.9. The minimum atomic E-state index is -4.78. The quantitative estimate of drug-likeness (QED) is 0.500. The molecule has 0 radical (unpaired) electrons. The molecule has 0 bridgehead atoms. The van der Waals surface area contributed by atoms with E-state index in [9.17, 15) is 18.0 Å². The lowest BCUT2D eigenvalue weighted by Crippen LogP contribution is -2.47. The molecule has 1 aromatic heterocycles. The van der Waals surface area contributed by atoms with Crippen molar-refractivity contribution in [3.05, 3.63) is 59.9 Å². The third kappa shape index (κ3) is 5.70. The number of nitrogens with one attached hydrogen (secondary N) is 1. The fourth-order valence-corrected chi connectivity index (χ4v) is 4.81. The van der Waals surface area contributed by atoms with E-state index in [1.807, 2.05) is 30.0 Å². The van der Waals surface area contributed by atoms with E-state index in [0.29, 0.717) is 23.6 Å². The molecule has 0 unspecified atom stereocenters. The van der Waals surface area contributed by atoms with E-state index in [0.717, 1.165) is 32.2 Å². The van der Waals surface area contributed by atoms with Crippen LogP contribution in [0.15, 0.2) is 48.5 Å². The number of hydrogen-bond acceptors (Lipinski definition) is 4. The van der Waals surface area contributed by atoms with E-state index >= 15 is 0 Å². The Morgan fingerprint density at radius 3 is 2.59 bits per heavy atom. The summed E-state index contributed by atoms with van der Waals surface area (Å²) in [7, 11) is 2.12. The third-order valence-electron chi connectivity index (χ3n) is 6.45. The summed E-state index contributed by atoms with van der Waals surface area (Å²) in [5.74, 6) is -0.472. The number of imidazole rings is 1. The molecule has 1 aliphatic rings. The average molecular weight is 475 g/mol. The molecule has 2 atom stereocenters. The van der Waals surface area contributed by atoms with Crippen LogP contribution in [0, 0.1) is 0 Å². The number of rotatable bonds is 7. The zero-order chi connectivity index (χ0) is 24.3. The lowest BCUT2D eigenvalue weighted by molar-refractivity contribution is -0.274. The van der Waals surface area contributed by atoms with Gasteiger partial charge in [-0.1, -0.05) is 30.3 Å². The number of halogens is 3. The van der Waals surface area contributed by atoms with Crippen molar-refractivity contribution >= 4 is 16.9 Å². The monoisotopic (exact) mass is 474 g/mol. The summed E-state index contributed by atoms with van der Waals surface area (Å²) >= 11 is 0. The molecule has 1 heterocycles. The van der Waals surface area contributed by atoms with E-state index < -0.39 is 6.36 Å². The van der Waals surface area contributed by atoms with E-state index in [-0.39, 0.29) is 23.5 Å². The maximum Gasteiger partial charge on any atom is 0.573 e. The minimum absolute atomic E-state index is 0.0757. The Bertz CT molecular complexity index is 1120. The predicted octanol–water partition coefficient (Wildman–Crippen LogP) is 5.37. The summed E-state index contributed by atoms with van der Waals surface area (Å²) in [5, 5.41) is 0. The first-order valence-electron chi connectivity index (χ1n) is 11.5. The Hall–Kier alpha value is -3.07. The van der Waals surface area contributed by atoms with Crippen LogP contribution in [0.25, 0.3) is 11.0 Å². The van der Waals surface area contributed by atoms with Gasteiger partial charge in [0.15, 0.2) is 5.82 Å². The second-order valence-corrected chi connectivity index (χ2v) is 8.78. The zero-order valence-electron chi connectivity index (χ0n) is 19.3. The SMILES string of the molecule is CCN(C(=O)c1nc2ccc(OC(F)(F)F)cc2[nH]1)[C@H]1CCC[C@@H](N(C)Cc2ccccc2)C1. The number of aromatic amines is 1. The molecule has 1 amide bonds. The van der Waals surface area contributed by atoms with Crippen molar-refractivity contribution in [2.45, 2.75) is 57.6 Å². The number of carbonyl (C=O) groups excluding carboxylic acids is 1. The second-order valence-electron chi connectivity index (χ2n) is 8.78. The van der Waals surface area contributed by atoms with E-state index in [2.05, 4.69) is 38.8 Å². The topological polar surface area (TPSA) is 61.5 Å². The minimum Gasteiger partial charge on any atom is -0.406 e. The van der Waals surface area contributed by atoms with E-state index in [4.69, 9.17) is 0 Å². The van der Waals surface area contributed by atoms with Crippen molar-refractivity contribution in [1.29, 1.82) is 0 Å². The third-order valence-corrected chi connectivity index (χ3v) is 6.45. The fourth-order valence-electron chi connectivity index (χ4n) is 4.81. The average Bonchev–Trinajstić information content (AvgIpc) is 3.23. The standard InChI is InChI=1S/C25H29F3N4O2/c1-3-32(19-11-7-10-18(14-19)31(2)16-17-8-5-4-6-9-17)24(33)23-29-21-13-12-20(15-22(21)30-23)34-25(26,27)28/h4-6,8-9,12-13,15,18-19H,3,7,10-11,14,16H2,1-2H3,(H,29,30)/t18-,19+/m1/s1. The van der Waals surface area contributed by atoms with Crippen LogP contribution in [0.2, 0.25) is 0 Å². The van der Waals surface area contributed by atoms with Crippen molar-refractivity contribution in [3.8, 4) is 5.75 Å². The number of alkyl halides is 3. The van der Waals surface area contributed by atoms with Crippen LogP contribution in [-0.4, -0.2) is 57.7 Å². The summed E-state index contributed by atoms with van der Waals surface area (Å²) in [5.41, 5.74) is 2.00. The van der Waals surface area contributed by atoms with Crippen LogP contribution in [0.1, 0.15) is 48.8 Å². The van der Waals surface area contributed by atoms with Gasteiger partial charge in [-0.25, -0.2) is 4.98 Å². The van der Waals surface area contributed by atoms with Gasteiger partial charge in [0.2, 0.25) is 0 Å². The molecule has 3 aromatic rings. The first kappa shape index (κ1) is 24.1. The first-order valence-corrected chi connectivity index (χ1v) is 11.5. The number of amides is 1. The van der Waals surface area contributed by atoms with E-state index in [1.54, 1.807) is 0 Å². The molecule has 4 rings (SSSR count). The molecule has 34 heavy (non-hydrogen) atoms. The highest BCUT2D eigenvalue weighted by Gasteiger charge is 2.33. The summed E-state index contributed by atoms with van der Waals surface area (Å²) < 4.78 is 41.6. The molecule has 182 valence electrons. The van der Waals surface area contributed by atoms with Gasteiger partial charge in [-0.15, -0.1) is 13.2 Å². The maximum atomic E-state index is 13.3. The van der Waals surface area contributed by atoms with Crippen LogP contribution in [0.3, 0.4) is 0 Å². The van der Waals surface area contributed by atoms with Crippen LogP contribution < -0.4 is 4.74 Å². The molecule has 1 saturated carbocycles. The second kappa shape index (κ2) is 10.0. The van der Waals surface area contributed by atoms with Crippen LogP contribution in [-0.2, 0) is 6.54 Å². The Labute approximate surface area is 196 Å². The number of hydrogen-bond donors (Lipinski definition) is 1. The van der Waals surface area contributed by atoms with Gasteiger partial charge >= 0.3 is 6.36 Å². The Kier molecular flexibility index (Phi) is 7.11. The van der Waals surface area contributed by atoms with Gasteiger partial charge in [0.25, 0.3) is 5.91 Å². The number of aromatic nitrogens is 2. The number of carbonyl (C=O) groups is 1. The molecule has 0 spiro atoms. The van der Waals surface area contributed by atoms with Crippen molar-refractivity contribution in [2.75, 3.05) is 13.6 Å². The maximum absolute atomic E-state index is 13.3. The summed E-state index contributed by atoms with van der Waals surface area (Å²) in [6.07, 6.45) is -0.892. The van der Waals surface area contributed by atoms with Crippen molar-refractivity contribution in [3.63, 3.8) is 0 Å². The number of benzene rings is 2. The fraction of sp³-hybridized carbons (Fsp3) is 0.440. The molecule has 9 heteroatoms. The summed E-state index contributed by atoms with van der Waals surface area (Å²) in [6.45, 7) is 3.31. The van der Waals surface area contributed by atoms with Gasteiger partial charge in [0, 0.05) is 31.2 Å². The highest BCUT2D eigenvalue weighted by Crippen LogP contribution is 2.29. The largest absolute Gasteiger partial charge is 0.573 e. The van der Waals surface area contributed by atoms with Gasteiger partial charge in [-0.05, 0) is 57.4 Å². The van der Waals surface area contributed by atoms with Gasteiger partial charge in [-0.3, -0.25) is 9.69 Å². The van der Waals surface area contributed by atoms with Gasteiger partial charge in [0.1, 0.15) is 5.75 Å². The Morgan fingerprint density at radius 1 is 1.15 bits per heavy atom. The number of nitrogens with zero attached hydrogens (tertiary/aromatic N) is 3. The Balaban J connectivity index is 1.46. The highest BCUT2D eigenvalue weighted by atomic mass is 19.4. The molecule has 6 nitrogen and oxygen atoms in total. The zero-order valence-corrected chi connectivity index (χ0v) is 19.3. The van der Waals surface area contributed by atoms with Crippen molar-refractivity contribution in [1.82, 2.24) is 19.8 Å². The van der Waals surface area contributed by atoms with Crippen molar-refractivity contribution < 1.29 is 22.7 Å². The molecular formula is C25H29F3N4O2. The van der Waals surface area contributed by atoms with Gasteiger partial charge in [0.05, 0.1) is 11.0 Å². The highest BCUT2D eigenvalue weighted by molar-refractivity contribution is 5.94. The van der Waals surface area contributed by atoms with Crippen LogP contribution >= 0.6 is 0 Å². The van der Waals surface area contributed by atoms with Crippen LogP contribution in [0.4, 0.5) is 13.2 Å². The summed E-state index contributed by atoms with van der Waals surface area (Å²) in [4.78, 5) is 24.7. The molecule has 1 fully saturated rings. The van der Waals surface area contributed by atoms with Crippen molar-refractivity contribution in [2.24, 2.45) is 0 Å². The van der Waals surface area contributed by atoms with Crippen LogP contribution in [0.5, 0.6) is 5.75 Å². The number of H-pyrrole nitrogens is 1. The molecular weight excluding hydrogens is 445 g/mol. The number of ether oxygens (including phenoxy) is 1. The number of fused-ring (bicyclic) bond motifs is 1. The van der Waals surface area contributed by atoms with Gasteiger partial charge < -0.3 is 14.6 Å². The first-order chi connectivity index (χ1) is 16.2. The molecule has 2 aromatic carbocycles. The molecule has 1 N–H and O–H groups in total.